The predicted octanol–water partition coefficient (Wildman–Crippen LogP) is 15.3. The van der Waals surface area contributed by atoms with Gasteiger partial charge < -0.3 is 30.7 Å². The van der Waals surface area contributed by atoms with Gasteiger partial charge in [-0.2, -0.15) is 0 Å². The average Bonchev–Trinajstić information content (AvgIpc) is 3.78. The van der Waals surface area contributed by atoms with E-state index in [2.05, 4.69) is 235 Å². The van der Waals surface area contributed by atoms with Gasteiger partial charge in [0.1, 0.15) is 5.52 Å². The second-order valence-electron chi connectivity index (χ2n) is 19.2. The molecule has 0 unspecified atom stereocenters. The molecule has 3 aromatic heterocycles. The smallest absolute Gasteiger partial charge is 0.204 e. The molecular formula is C62H73ClN10S. The molecule has 6 aromatic carbocycles. The van der Waals surface area contributed by atoms with Crippen LogP contribution in [0.25, 0.3) is 32.8 Å². The van der Waals surface area contributed by atoms with E-state index in [4.69, 9.17) is 20.7 Å². The highest BCUT2D eigenvalue weighted by atomic mass is 35.5. The summed E-state index contributed by atoms with van der Waals surface area (Å²) >= 11 is 4.30. The van der Waals surface area contributed by atoms with E-state index in [1.54, 1.807) is 0 Å². The molecule has 9 rings (SSSR count). The third-order valence-electron chi connectivity index (χ3n) is 12.1. The van der Waals surface area contributed by atoms with Crippen molar-refractivity contribution >= 4 is 91.6 Å². The van der Waals surface area contributed by atoms with Crippen LogP contribution >= 0.6 is 24.6 Å². The van der Waals surface area contributed by atoms with E-state index in [0.29, 0.717) is 17.5 Å². The summed E-state index contributed by atoms with van der Waals surface area (Å²) in [6, 6.07) is 58.9. The minimum absolute atomic E-state index is 0. The number of hydrogen-bond acceptors (Lipinski definition) is 10. The lowest BCUT2D eigenvalue weighted by molar-refractivity contribution is 0.536. The lowest BCUT2D eigenvalue weighted by Gasteiger charge is -2.27. The number of para-hydroxylation sites is 2. The Kier molecular flexibility index (Phi) is 21.8. The van der Waals surface area contributed by atoms with Gasteiger partial charge in [-0.3, -0.25) is 0 Å². The van der Waals surface area contributed by atoms with Crippen LogP contribution in [0.2, 0.25) is 0 Å². The summed E-state index contributed by atoms with van der Waals surface area (Å²) in [4.78, 5) is 23.8. The summed E-state index contributed by atoms with van der Waals surface area (Å²) in [7, 11) is 0. The molecule has 0 radical (unpaired) electrons. The van der Waals surface area contributed by atoms with Gasteiger partial charge in [0.15, 0.2) is 11.6 Å². The number of aliphatic imine (C=N–C) groups is 1. The van der Waals surface area contributed by atoms with E-state index in [-0.39, 0.29) is 12.4 Å². The van der Waals surface area contributed by atoms with Crippen molar-refractivity contribution in [2.24, 2.45) is 16.8 Å². The van der Waals surface area contributed by atoms with E-state index in [1.165, 1.54) is 22.3 Å². The number of nitrogens with zero attached hydrogens (tertiary/aromatic N) is 7. The van der Waals surface area contributed by atoms with Gasteiger partial charge in [0.05, 0.1) is 33.1 Å². The number of nitrogen functional groups attached to an aromatic ring is 1. The maximum atomic E-state index is 6.78. The molecule has 0 aliphatic heterocycles. The van der Waals surface area contributed by atoms with Gasteiger partial charge in [-0.25, -0.2) is 19.9 Å². The molecule has 74 heavy (non-hydrogen) atoms. The SMILES string of the molecule is CC(C)CNc1c(N)c(N(Cc2ccccc2)Cc2ccccc2)nc2ccccc12.CCCN=C=S.CCCNc1nc2c(N(Cc3ccccc3)Cc3ccccc3)nc3ccccc3c2n1CC(C)C.Cl. The summed E-state index contributed by atoms with van der Waals surface area (Å²) < 4.78 is 2.37. The summed E-state index contributed by atoms with van der Waals surface area (Å²) in [5.74, 6) is 3.68. The number of imidazole rings is 1. The van der Waals surface area contributed by atoms with E-state index in [0.717, 1.165) is 121 Å². The van der Waals surface area contributed by atoms with Crippen LogP contribution in [0.1, 0.15) is 76.6 Å². The van der Waals surface area contributed by atoms with E-state index >= 15 is 0 Å². The summed E-state index contributed by atoms with van der Waals surface area (Å²) in [5, 5.41) is 11.7. The number of benzene rings is 6. The van der Waals surface area contributed by atoms with Crippen molar-refractivity contribution < 1.29 is 0 Å². The Bertz CT molecular complexity index is 3060. The van der Waals surface area contributed by atoms with Crippen LogP contribution in [0.3, 0.4) is 0 Å². The van der Waals surface area contributed by atoms with Crippen molar-refractivity contribution in [3.8, 4) is 0 Å². The molecule has 0 bridgehead atoms. The Balaban J connectivity index is 0.000000216. The van der Waals surface area contributed by atoms with Crippen LogP contribution in [0.15, 0.2) is 175 Å². The van der Waals surface area contributed by atoms with Crippen molar-refractivity contribution in [3.63, 3.8) is 0 Å². The van der Waals surface area contributed by atoms with Gasteiger partial charge in [0.25, 0.3) is 0 Å². The van der Waals surface area contributed by atoms with Gasteiger partial charge in [-0.15, -0.1) is 12.4 Å². The number of aromatic nitrogens is 4. The fourth-order valence-electron chi connectivity index (χ4n) is 8.69. The molecule has 3 heterocycles. The predicted molar refractivity (Wildman–Crippen MR) is 321 cm³/mol. The molecule has 0 atom stereocenters. The largest absolute Gasteiger partial charge is 0.394 e. The Labute approximate surface area is 450 Å². The van der Waals surface area contributed by atoms with Gasteiger partial charge in [0, 0.05) is 63.1 Å². The third kappa shape index (κ3) is 15.4. The van der Waals surface area contributed by atoms with Crippen LogP contribution < -0.4 is 26.2 Å². The van der Waals surface area contributed by atoms with Crippen molar-refractivity contribution in [2.75, 3.05) is 45.8 Å². The number of halogens is 1. The quantitative estimate of drug-likeness (QED) is 0.0507. The van der Waals surface area contributed by atoms with E-state index in [9.17, 15) is 0 Å². The minimum atomic E-state index is 0. The Morgan fingerprint density at radius 3 is 1.46 bits per heavy atom. The van der Waals surface area contributed by atoms with Gasteiger partial charge in [-0.05, 0) is 71.3 Å². The van der Waals surface area contributed by atoms with Crippen molar-refractivity contribution in [1.29, 1.82) is 0 Å². The molecule has 384 valence electrons. The molecule has 9 aromatic rings. The number of rotatable bonds is 20. The number of fused-ring (bicyclic) bond motifs is 4. The fourth-order valence-corrected chi connectivity index (χ4v) is 8.78. The first kappa shape index (κ1) is 56.0. The maximum Gasteiger partial charge on any atom is 0.204 e. The number of thiocarbonyl (C=S) groups is 1. The lowest BCUT2D eigenvalue weighted by Crippen LogP contribution is -2.25. The lowest BCUT2D eigenvalue weighted by atomic mass is 10.1. The Morgan fingerprint density at radius 1 is 0.568 bits per heavy atom. The van der Waals surface area contributed by atoms with Crippen LogP contribution in [0.5, 0.6) is 0 Å². The van der Waals surface area contributed by atoms with Crippen molar-refractivity contribution in [3.05, 3.63) is 192 Å². The van der Waals surface area contributed by atoms with Gasteiger partial charge >= 0.3 is 0 Å². The van der Waals surface area contributed by atoms with Crippen LogP contribution in [-0.2, 0) is 32.7 Å². The van der Waals surface area contributed by atoms with E-state index < -0.39 is 0 Å². The van der Waals surface area contributed by atoms with Gasteiger partial charge in [0.2, 0.25) is 5.95 Å². The van der Waals surface area contributed by atoms with E-state index in [1.807, 2.05) is 24.3 Å². The highest BCUT2D eigenvalue weighted by molar-refractivity contribution is 7.78. The first-order valence-corrected chi connectivity index (χ1v) is 26.2. The van der Waals surface area contributed by atoms with Crippen molar-refractivity contribution in [1.82, 2.24) is 19.5 Å². The Morgan fingerprint density at radius 2 is 1.01 bits per heavy atom. The molecule has 0 aliphatic rings. The number of hydrogen-bond donors (Lipinski definition) is 3. The number of anilines is 5. The van der Waals surface area contributed by atoms with Crippen LogP contribution in [0, 0.1) is 11.8 Å². The first-order chi connectivity index (χ1) is 35.7. The fraction of sp³-hybridized carbons (Fsp3) is 0.290. The Hall–Kier alpha value is -7.30. The number of nitrogens with one attached hydrogen (secondary N) is 2. The topological polar surface area (TPSA) is 113 Å². The molecule has 0 spiro atoms. The van der Waals surface area contributed by atoms with Crippen LogP contribution in [0.4, 0.5) is 29.0 Å². The molecule has 12 heteroatoms. The summed E-state index contributed by atoms with van der Waals surface area (Å²) in [6.07, 6.45) is 2.11. The third-order valence-corrected chi connectivity index (χ3v) is 12.2. The highest BCUT2D eigenvalue weighted by Gasteiger charge is 2.23. The second-order valence-corrected chi connectivity index (χ2v) is 19.3. The van der Waals surface area contributed by atoms with Crippen LogP contribution in [-0.4, -0.2) is 44.3 Å². The monoisotopic (exact) mass is 1020 g/mol. The first-order valence-electron chi connectivity index (χ1n) is 25.8. The summed E-state index contributed by atoms with van der Waals surface area (Å²) in [5.41, 5.74) is 17.5. The highest BCUT2D eigenvalue weighted by Crippen LogP contribution is 2.38. The molecule has 0 amide bonds. The number of nitrogens with two attached hydrogens (primary N) is 1. The molecule has 4 N–H and O–H groups in total. The van der Waals surface area contributed by atoms with Crippen molar-refractivity contribution in [2.45, 2.75) is 87.1 Å². The molecule has 0 fully saturated rings. The zero-order chi connectivity index (χ0) is 51.4. The maximum absolute atomic E-state index is 6.78. The van der Waals surface area contributed by atoms with Gasteiger partial charge in [-0.1, -0.05) is 199 Å². The molecule has 0 saturated carbocycles. The zero-order valence-corrected chi connectivity index (χ0v) is 45.5. The standard InChI is InChI=1S/C31H35N5.C27H30N4.C4H7NS.ClH/c1-4-19-32-31-34-28-29(36(31)20-23(2)3)26-17-11-12-18-27(26)33-30(28)35(21-24-13-7-5-8-14-24)22-25-15-9-6-10-16-25;1-20(2)17-29-26-23-15-9-10-16-24(23)30-27(25(26)28)31(18-21-11-5-3-6-12-21)19-22-13-7-4-8-14-22;1-2-3-5-4-6;/h5-18,23H,4,19-22H2,1-3H3,(H,32,34);3-16,20H,17-19,28H2,1-2H3,(H,29,30);2-3H2,1H3;1H. The molecular weight excluding hydrogens is 952 g/mol. The molecule has 0 aliphatic carbocycles. The number of pyridine rings is 2. The summed E-state index contributed by atoms with van der Waals surface area (Å²) in [6.45, 7) is 19.6. The molecule has 10 nitrogen and oxygen atoms in total. The molecule has 0 saturated heterocycles. The zero-order valence-electron chi connectivity index (χ0n) is 43.9. The minimum Gasteiger partial charge on any atom is -0.394 e. The normalized spacial score (nSPS) is 10.8. The second kappa shape index (κ2) is 28.8. The average molecular weight is 1030 g/mol. The number of isothiocyanates is 1.